The standard InChI is InChI=1S/C18H32N4O2/c19-13-15-5-4-6-16(15)18(24)22-11-9-20(10-12-22)14-17(23)21-7-2-1-3-8-21/h15-16H,1-14,19H2/t15-,16-/m1/s1. The Morgan fingerprint density at radius 2 is 1.54 bits per heavy atom. The average molecular weight is 336 g/mol. The monoisotopic (exact) mass is 336 g/mol. The molecule has 2 aliphatic heterocycles. The lowest BCUT2D eigenvalue weighted by Gasteiger charge is -2.37. The van der Waals surface area contributed by atoms with Crippen LogP contribution in [0.5, 0.6) is 0 Å². The van der Waals surface area contributed by atoms with Gasteiger partial charge in [-0.1, -0.05) is 6.42 Å². The van der Waals surface area contributed by atoms with Crippen LogP contribution in [0.15, 0.2) is 0 Å². The summed E-state index contributed by atoms with van der Waals surface area (Å²) in [5.74, 6) is 1.06. The van der Waals surface area contributed by atoms with E-state index < -0.39 is 0 Å². The Hall–Kier alpha value is -1.14. The fourth-order valence-electron chi connectivity index (χ4n) is 4.44. The lowest BCUT2D eigenvalue weighted by Crippen LogP contribution is -2.53. The molecule has 0 aromatic carbocycles. The summed E-state index contributed by atoms with van der Waals surface area (Å²) in [6, 6.07) is 0. The van der Waals surface area contributed by atoms with Crippen molar-refractivity contribution in [3.8, 4) is 0 Å². The highest BCUT2D eigenvalue weighted by Gasteiger charge is 2.35. The molecule has 0 aromatic rings. The van der Waals surface area contributed by atoms with Gasteiger partial charge in [-0.15, -0.1) is 0 Å². The number of carbonyl (C=O) groups excluding carboxylic acids is 2. The minimum absolute atomic E-state index is 0.136. The third-order valence-electron chi connectivity index (χ3n) is 6.03. The predicted octanol–water partition coefficient (Wildman–Crippen LogP) is 0.518. The first-order valence-electron chi connectivity index (χ1n) is 9.68. The Balaban J connectivity index is 1.43. The van der Waals surface area contributed by atoms with Gasteiger partial charge in [0.25, 0.3) is 0 Å². The van der Waals surface area contributed by atoms with Gasteiger partial charge in [0.1, 0.15) is 0 Å². The second-order valence-corrected chi connectivity index (χ2v) is 7.58. The average Bonchev–Trinajstić information content (AvgIpc) is 3.11. The van der Waals surface area contributed by atoms with E-state index >= 15 is 0 Å². The second-order valence-electron chi connectivity index (χ2n) is 7.58. The van der Waals surface area contributed by atoms with Crippen molar-refractivity contribution in [2.75, 3.05) is 52.4 Å². The minimum Gasteiger partial charge on any atom is -0.342 e. The molecule has 1 saturated carbocycles. The molecule has 2 amide bonds. The van der Waals surface area contributed by atoms with Gasteiger partial charge in [0.15, 0.2) is 0 Å². The highest BCUT2D eigenvalue weighted by atomic mass is 16.2. The maximum absolute atomic E-state index is 12.7. The van der Waals surface area contributed by atoms with Crippen molar-refractivity contribution in [2.24, 2.45) is 17.6 Å². The summed E-state index contributed by atoms with van der Waals surface area (Å²) < 4.78 is 0. The van der Waals surface area contributed by atoms with E-state index in [1.807, 2.05) is 9.80 Å². The van der Waals surface area contributed by atoms with Crippen LogP contribution < -0.4 is 5.73 Å². The number of hydrogen-bond donors (Lipinski definition) is 1. The Labute approximate surface area is 145 Å². The normalized spacial score (nSPS) is 29.0. The lowest BCUT2D eigenvalue weighted by atomic mass is 9.94. The number of piperidine rings is 1. The molecule has 2 N–H and O–H groups in total. The molecule has 6 nitrogen and oxygen atoms in total. The molecule has 2 heterocycles. The van der Waals surface area contributed by atoms with Crippen LogP contribution in [0.3, 0.4) is 0 Å². The van der Waals surface area contributed by atoms with Crippen LogP contribution >= 0.6 is 0 Å². The van der Waals surface area contributed by atoms with Crippen LogP contribution in [-0.2, 0) is 9.59 Å². The molecule has 0 unspecified atom stereocenters. The minimum atomic E-state index is 0.136. The number of nitrogens with zero attached hydrogens (tertiary/aromatic N) is 3. The number of carbonyl (C=O) groups is 2. The number of nitrogens with two attached hydrogens (primary N) is 1. The van der Waals surface area contributed by atoms with Crippen molar-refractivity contribution < 1.29 is 9.59 Å². The van der Waals surface area contributed by atoms with E-state index in [4.69, 9.17) is 5.73 Å². The zero-order chi connectivity index (χ0) is 16.9. The summed E-state index contributed by atoms with van der Waals surface area (Å²) in [7, 11) is 0. The number of hydrogen-bond acceptors (Lipinski definition) is 4. The van der Waals surface area contributed by atoms with Gasteiger partial charge < -0.3 is 15.5 Å². The van der Waals surface area contributed by atoms with Gasteiger partial charge in [-0.05, 0) is 44.6 Å². The van der Waals surface area contributed by atoms with Crippen LogP contribution in [0.1, 0.15) is 38.5 Å². The third-order valence-corrected chi connectivity index (χ3v) is 6.03. The van der Waals surface area contributed by atoms with Crippen LogP contribution in [0.25, 0.3) is 0 Å². The fraction of sp³-hybridized carbons (Fsp3) is 0.889. The van der Waals surface area contributed by atoms with Crippen molar-refractivity contribution in [1.82, 2.24) is 14.7 Å². The highest BCUT2D eigenvalue weighted by molar-refractivity contribution is 5.80. The Morgan fingerprint density at radius 3 is 2.21 bits per heavy atom. The molecule has 136 valence electrons. The van der Waals surface area contributed by atoms with Gasteiger partial charge in [0, 0.05) is 45.2 Å². The molecule has 0 aromatic heterocycles. The maximum atomic E-state index is 12.7. The number of amides is 2. The summed E-state index contributed by atoms with van der Waals surface area (Å²) in [6.45, 7) is 6.09. The first kappa shape index (κ1) is 17.7. The van der Waals surface area contributed by atoms with Crippen LogP contribution in [0.4, 0.5) is 0 Å². The van der Waals surface area contributed by atoms with Gasteiger partial charge in [0.05, 0.1) is 6.54 Å². The van der Waals surface area contributed by atoms with E-state index in [9.17, 15) is 9.59 Å². The van der Waals surface area contributed by atoms with Gasteiger partial charge in [-0.25, -0.2) is 0 Å². The first-order chi connectivity index (χ1) is 11.7. The highest BCUT2D eigenvalue weighted by Crippen LogP contribution is 2.32. The number of likely N-dealkylation sites (tertiary alicyclic amines) is 1. The van der Waals surface area contributed by atoms with Gasteiger partial charge in [-0.3, -0.25) is 14.5 Å². The second kappa shape index (κ2) is 8.30. The van der Waals surface area contributed by atoms with Crippen molar-refractivity contribution in [2.45, 2.75) is 38.5 Å². The molecular formula is C18H32N4O2. The molecule has 3 fully saturated rings. The topological polar surface area (TPSA) is 69.9 Å². The Kier molecular flexibility index (Phi) is 6.11. The van der Waals surface area contributed by atoms with E-state index in [0.717, 1.165) is 71.4 Å². The summed E-state index contributed by atoms with van der Waals surface area (Å²) in [4.78, 5) is 31.3. The number of rotatable bonds is 4. The van der Waals surface area contributed by atoms with Crippen LogP contribution in [0, 0.1) is 11.8 Å². The summed E-state index contributed by atoms with van der Waals surface area (Å²) in [5.41, 5.74) is 5.82. The van der Waals surface area contributed by atoms with E-state index in [0.29, 0.717) is 24.9 Å². The van der Waals surface area contributed by atoms with Crippen molar-refractivity contribution in [3.63, 3.8) is 0 Å². The molecule has 2 atom stereocenters. The van der Waals surface area contributed by atoms with Crippen molar-refractivity contribution >= 4 is 11.8 Å². The fourth-order valence-corrected chi connectivity index (χ4v) is 4.44. The summed E-state index contributed by atoms with van der Waals surface area (Å²) >= 11 is 0. The molecule has 6 heteroatoms. The third kappa shape index (κ3) is 4.09. The molecule has 24 heavy (non-hydrogen) atoms. The van der Waals surface area contributed by atoms with E-state index in [1.165, 1.54) is 6.42 Å². The quantitative estimate of drug-likeness (QED) is 0.812. The molecule has 3 aliphatic rings. The van der Waals surface area contributed by atoms with Crippen molar-refractivity contribution in [3.05, 3.63) is 0 Å². The molecule has 0 bridgehead atoms. The lowest BCUT2D eigenvalue weighted by molar-refractivity contribution is -0.139. The first-order valence-corrected chi connectivity index (χ1v) is 9.68. The SMILES string of the molecule is NC[C@H]1CCC[C@H]1C(=O)N1CCN(CC(=O)N2CCCCC2)CC1. The van der Waals surface area contributed by atoms with Gasteiger partial charge in [-0.2, -0.15) is 0 Å². The maximum Gasteiger partial charge on any atom is 0.236 e. The zero-order valence-corrected chi connectivity index (χ0v) is 14.8. The summed E-state index contributed by atoms with van der Waals surface area (Å²) in [6.07, 6.45) is 6.74. The molecule has 0 radical (unpaired) electrons. The van der Waals surface area contributed by atoms with Crippen LogP contribution in [-0.4, -0.2) is 78.9 Å². The van der Waals surface area contributed by atoms with Crippen molar-refractivity contribution in [1.29, 1.82) is 0 Å². The zero-order valence-electron chi connectivity index (χ0n) is 14.8. The van der Waals surface area contributed by atoms with E-state index in [-0.39, 0.29) is 11.8 Å². The van der Waals surface area contributed by atoms with Crippen LogP contribution in [0.2, 0.25) is 0 Å². The Morgan fingerprint density at radius 1 is 0.833 bits per heavy atom. The molecular weight excluding hydrogens is 304 g/mol. The van der Waals surface area contributed by atoms with Gasteiger partial charge >= 0.3 is 0 Å². The Bertz CT molecular complexity index is 442. The smallest absolute Gasteiger partial charge is 0.236 e. The molecule has 0 spiro atoms. The summed E-state index contributed by atoms with van der Waals surface area (Å²) in [5, 5.41) is 0. The molecule has 3 rings (SSSR count). The number of piperazine rings is 1. The predicted molar refractivity (Wildman–Crippen MR) is 93.3 cm³/mol. The van der Waals surface area contributed by atoms with Gasteiger partial charge in [0.2, 0.25) is 11.8 Å². The largest absolute Gasteiger partial charge is 0.342 e. The van der Waals surface area contributed by atoms with E-state index in [1.54, 1.807) is 0 Å². The molecule has 2 saturated heterocycles. The molecule has 1 aliphatic carbocycles. The van der Waals surface area contributed by atoms with E-state index in [2.05, 4.69) is 4.90 Å².